The summed E-state index contributed by atoms with van der Waals surface area (Å²) in [6.45, 7) is 13.9. The van der Waals surface area contributed by atoms with E-state index >= 15 is 0 Å². The number of benzene rings is 3. The van der Waals surface area contributed by atoms with Crippen molar-refractivity contribution in [3.8, 4) is 0 Å². The van der Waals surface area contributed by atoms with Crippen molar-refractivity contribution in [3.05, 3.63) is 95.7 Å². The maximum Gasteiger partial charge on any atom is 0.131 e. The first kappa shape index (κ1) is 35.3. The Morgan fingerprint density at radius 1 is 0.778 bits per heavy atom. The van der Waals surface area contributed by atoms with Crippen molar-refractivity contribution >= 4 is 50.8 Å². The Morgan fingerprint density at radius 3 is 1.39 bits per heavy atom. The van der Waals surface area contributed by atoms with E-state index < -0.39 is 7.41 Å². The Hall–Kier alpha value is -0.692. The quantitative estimate of drug-likeness (QED) is 0.159. The molecule has 36 heavy (non-hydrogen) atoms. The molecule has 1 aliphatic rings. The van der Waals surface area contributed by atoms with Crippen LogP contribution in [0.15, 0.2) is 91.0 Å². The topological polar surface area (TPSA) is 37.4 Å². The second kappa shape index (κ2) is 20.3. The van der Waals surface area contributed by atoms with Gasteiger partial charge < -0.3 is 4.74 Å². The summed E-state index contributed by atoms with van der Waals surface area (Å²) in [6.07, 6.45) is 2.16. The van der Waals surface area contributed by atoms with Gasteiger partial charge in [0.25, 0.3) is 0 Å². The molecule has 0 radical (unpaired) electrons. The van der Waals surface area contributed by atoms with Gasteiger partial charge in [-0.1, -0.05) is 88.1 Å². The number of halogens is 1. The zero-order chi connectivity index (χ0) is 26.1. The van der Waals surface area contributed by atoms with Crippen LogP contribution in [0, 0.1) is 5.39 Å². The van der Waals surface area contributed by atoms with E-state index in [1.165, 1.54) is 10.6 Å². The molecule has 1 fully saturated rings. The standard InChI is InChI=1S/C8H12N2P.2C8H11P.C4H7ClO.W/c1-11(2,10-9)8-6-4-3-5-7-8;2*1-9(2)8-6-4-3-5-7-8;5-4-2-1-3-6-4;/h3-7,11H,1-2H3;2*3-7H,1-2H3;4H,1-3H2;/q+1;;;;. The summed E-state index contributed by atoms with van der Waals surface area (Å²) in [5.41, 5.74) is 0.0185. The summed E-state index contributed by atoms with van der Waals surface area (Å²) in [4.78, 5) is 0. The minimum Gasteiger partial charge on any atom is -0.362 e. The molecule has 0 aromatic heterocycles. The van der Waals surface area contributed by atoms with Gasteiger partial charge in [0.1, 0.15) is 5.56 Å². The van der Waals surface area contributed by atoms with Gasteiger partial charge in [0.05, 0.1) is 0 Å². The average molecular weight is 734 g/mol. The van der Waals surface area contributed by atoms with Crippen LogP contribution in [0.25, 0.3) is 4.75 Å². The zero-order valence-corrected chi connectivity index (χ0v) is 28.8. The molecule has 1 unspecified atom stereocenters. The van der Waals surface area contributed by atoms with E-state index in [-0.39, 0.29) is 42.5 Å². The van der Waals surface area contributed by atoms with Gasteiger partial charge in [-0.25, -0.2) is 0 Å². The zero-order valence-electron chi connectivity index (χ0n) is 22.3. The van der Waals surface area contributed by atoms with Crippen molar-refractivity contribution in [3.63, 3.8) is 0 Å². The Kier molecular flexibility index (Phi) is 19.9. The van der Waals surface area contributed by atoms with Gasteiger partial charge >= 0.3 is 66.5 Å². The summed E-state index contributed by atoms with van der Waals surface area (Å²) in [5, 5.41) is 12.8. The monoisotopic (exact) mass is 733 g/mol. The van der Waals surface area contributed by atoms with Crippen LogP contribution in [-0.4, -0.2) is 52.2 Å². The molecule has 1 heterocycles. The fourth-order valence-corrected chi connectivity index (χ4v) is 5.80. The van der Waals surface area contributed by atoms with Gasteiger partial charge in [0.15, 0.2) is 0 Å². The van der Waals surface area contributed by atoms with Gasteiger partial charge in [-0.05, 0) is 50.1 Å². The van der Waals surface area contributed by atoms with Crippen molar-refractivity contribution in [2.45, 2.75) is 18.4 Å². The molecule has 1 atom stereocenters. The summed E-state index contributed by atoms with van der Waals surface area (Å²) in [6, 6.07) is 31.2. The van der Waals surface area contributed by atoms with Crippen molar-refractivity contribution in [1.82, 2.24) is 0 Å². The minimum absolute atomic E-state index is 0. The second-order valence-corrected chi connectivity index (χ2v) is 17.9. The molecule has 196 valence electrons. The predicted octanol–water partition coefficient (Wildman–Crippen LogP) is 7.56. The van der Waals surface area contributed by atoms with E-state index in [0.717, 1.165) is 24.8 Å². The molecule has 1 aliphatic heterocycles. The average Bonchev–Trinajstić information content (AvgIpc) is 3.37. The molecule has 0 aliphatic carbocycles. The third-order valence-electron chi connectivity index (χ3n) is 5.15. The molecule has 0 bridgehead atoms. The molecule has 3 aromatic rings. The molecule has 0 saturated carbocycles. The number of rotatable bonds is 3. The number of hydrogen-bond acceptors (Lipinski definition) is 2. The van der Waals surface area contributed by atoms with Crippen LogP contribution in [0.3, 0.4) is 0 Å². The Labute approximate surface area is 241 Å². The Morgan fingerprint density at radius 2 is 1.17 bits per heavy atom. The number of nitrogens with zero attached hydrogens (tertiary/aromatic N) is 2. The SMILES string of the molecule is CP(C)c1ccccc1.CP(C)c1ccccc1.C[PH](C)([N+]#N)c1ccccc1.ClC1CCCO1.[W]. The smallest absolute Gasteiger partial charge is 0.131 e. The summed E-state index contributed by atoms with van der Waals surface area (Å²) < 4.78 is 8.35. The molecule has 3 aromatic carbocycles. The van der Waals surface area contributed by atoms with E-state index in [9.17, 15) is 0 Å². The molecule has 4 rings (SSSR count). The summed E-state index contributed by atoms with van der Waals surface area (Å²) in [5.74, 6) is 0. The van der Waals surface area contributed by atoms with Crippen LogP contribution in [-0.2, 0) is 25.8 Å². The van der Waals surface area contributed by atoms with Crippen LogP contribution in [0.4, 0.5) is 0 Å². The second-order valence-electron chi connectivity index (χ2n) is 8.91. The van der Waals surface area contributed by atoms with Crippen LogP contribution >= 0.6 is 34.9 Å². The van der Waals surface area contributed by atoms with E-state index in [1.54, 1.807) is 0 Å². The molecule has 0 amide bonds. The normalized spacial score (nSPS) is 14.5. The van der Waals surface area contributed by atoms with Crippen molar-refractivity contribution in [1.29, 1.82) is 5.39 Å². The Balaban J connectivity index is 0.000000457. The van der Waals surface area contributed by atoms with E-state index in [4.69, 9.17) is 21.7 Å². The summed E-state index contributed by atoms with van der Waals surface area (Å²) in [7, 11) is -1.66. The first-order chi connectivity index (χ1) is 16.7. The van der Waals surface area contributed by atoms with Crippen LogP contribution < -0.4 is 15.9 Å². The van der Waals surface area contributed by atoms with Gasteiger partial charge in [0, 0.05) is 27.7 Å². The maximum atomic E-state index is 8.73. The van der Waals surface area contributed by atoms with E-state index in [2.05, 4.69) is 92.1 Å². The molecule has 0 spiro atoms. The molecular weight excluding hydrogens is 693 g/mol. The van der Waals surface area contributed by atoms with Crippen LogP contribution in [0.1, 0.15) is 12.8 Å². The third kappa shape index (κ3) is 15.5. The number of alkyl halides is 1. The van der Waals surface area contributed by atoms with Crippen molar-refractivity contribution in [2.75, 3.05) is 46.6 Å². The number of ether oxygens (including phenoxy) is 1. The van der Waals surface area contributed by atoms with Crippen molar-refractivity contribution < 1.29 is 25.8 Å². The molecule has 1 saturated heterocycles. The first-order valence-corrected chi connectivity index (χ1v) is 19.6. The molecule has 0 N–H and O–H groups in total. The van der Waals surface area contributed by atoms with Gasteiger partial charge in [-0.2, -0.15) is 0 Å². The summed E-state index contributed by atoms with van der Waals surface area (Å²) >= 11 is 5.49. The number of diazo groups is 1. The largest absolute Gasteiger partial charge is 0.362 e. The van der Waals surface area contributed by atoms with Gasteiger partial charge in [-0.15, -0.1) is 0 Å². The van der Waals surface area contributed by atoms with Crippen molar-refractivity contribution in [2.24, 2.45) is 0 Å². The molecule has 3 nitrogen and oxygen atoms in total. The molecular formula is C28H41ClN2OP3W+. The predicted molar refractivity (Wildman–Crippen MR) is 166 cm³/mol. The Bertz CT molecular complexity index is 923. The van der Waals surface area contributed by atoms with Gasteiger partial charge in [-0.3, -0.25) is 0 Å². The van der Waals surface area contributed by atoms with Gasteiger partial charge in [0.2, 0.25) is 0 Å². The van der Waals surface area contributed by atoms with E-state index in [1.807, 2.05) is 43.7 Å². The number of hydrogen-bond donors (Lipinski definition) is 0. The first-order valence-electron chi connectivity index (χ1n) is 11.8. The maximum absolute atomic E-state index is 8.73. The van der Waals surface area contributed by atoms with Crippen LogP contribution in [0.2, 0.25) is 0 Å². The minimum atomic E-state index is -1.87. The molecule has 8 heteroatoms. The van der Waals surface area contributed by atoms with Crippen LogP contribution in [0.5, 0.6) is 0 Å². The fourth-order valence-electron chi connectivity index (χ4n) is 2.89. The fraction of sp³-hybridized carbons (Fsp3) is 0.357. The van der Waals surface area contributed by atoms with E-state index in [0.29, 0.717) is 0 Å². The third-order valence-corrected chi connectivity index (χ3v) is 10.4.